The number of hydrogen-bond acceptors (Lipinski definition) is 6. The van der Waals surface area contributed by atoms with Crippen molar-refractivity contribution in [2.24, 2.45) is 5.92 Å². The molecule has 0 rings (SSSR count). The van der Waals surface area contributed by atoms with Crippen LogP contribution in [0.4, 0.5) is 0 Å². The maximum atomic E-state index is 12.5. The minimum Gasteiger partial charge on any atom is -0.465 e. The second-order valence-electron chi connectivity index (χ2n) is 8.18. The minimum absolute atomic E-state index is 0.0739. The molecule has 9 heteroatoms. The highest BCUT2D eigenvalue weighted by atomic mass is 16.5. The molecule has 0 aromatic rings. The number of unbranched alkanes of at least 4 members (excludes halogenated alkanes) is 1. The topological polar surface area (TPSA) is 131 Å². The maximum Gasteiger partial charge on any atom is 0.306 e. The van der Waals surface area contributed by atoms with Crippen LogP contribution in [0, 0.1) is 5.92 Å². The molecule has 0 heterocycles. The lowest BCUT2D eigenvalue weighted by molar-refractivity contribution is -0.146. The fraction of sp³-hybridized carbons (Fsp3) is 0.792. The van der Waals surface area contributed by atoms with E-state index < -0.39 is 6.04 Å². The molecule has 0 bridgehead atoms. The summed E-state index contributed by atoms with van der Waals surface area (Å²) in [6, 6.07) is -0.625. The molecule has 0 aromatic carbocycles. The Morgan fingerprint density at radius 2 is 1.55 bits per heavy atom. The van der Waals surface area contributed by atoms with E-state index in [-0.39, 0.29) is 48.2 Å². The third-order valence-corrected chi connectivity index (χ3v) is 5.55. The summed E-state index contributed by atoms with van der Waals surface area (Å²) in [6.45, 7) is 6.40. The monoisotopic (exact) mass is 469 g/mol. The number of esters is 1. The number of Topliss-reactive ketones (excluding diaryl/α,β-unsaturated/α-hetero) is 1. The minimum atomic E-state index is -0.625. The summed E-state index contributed by atoms with van der Waals surface area (Å²) < 4.78 is 5.27. The number of hydrogen-bond donors (Lipinski definition) is 3. The molecule has 190 valence electrons. The second-order valence-corrected chi connectivity index (χ2v) is 8.18. The Morgan fingerprint density at radius 1 is 0.818 bits per heavy atom. The number of carbonyl (C=O) groups excluding carboxylic acids is 5. The SMILES string of the molecule is CCC(=O)CCC[C@H](NC(=O)CC)C(=O)NCCCCC(CC)COC(=O)CCC(=O)NC. The largest absolute Gasteiger partial charge is 0.465 e. The number of ether oxygens (including phenoxy) is 1. The Labute approximate surface area is 198 Å². The molecule has 33 heavy (non-hydrogen) atoms. The van der Waals surface area contributed by atoms with E-state index in [0.717, 1.165) is 25.7 Å². The number of ketones is 1. The first-order valence-corrected chi connectivity index (χ1v) is 12.2. The summed E-state index contributed by atoms with van der Waals surface area (Å²) in [5.41, 5.74) is 0. The zero-order valence-electron chi connectivity index (χ0n) is 20.8. The fourth-order valence-corrected chi connectivity index (χ4v) is 3.17. The smallest absolute Gasteiger partial charge is 0.306 e. The van der Waals surface area contributed by atoms with Crippen LogP contribution in [0.3, 0.4) is 0 Å². The van der Waals surface area contributed by atoms with Crippen molar-refractivity contribution in [3.8, 4) is 0 Å². The first-order valence-electron chi connectivity index (χ1n) is 12.2. The van der Waals surface area contributed by atoms with Crippen molar-refractivity contribution in [3.05, 3.63) is 0 Å². The molecule has 3 amide bonds. The lowest BCUT2D eigenvalue weighted by atomic mass is 10.00. The van der Waals surface area contributed by atoms with Gasteiger partial charge in [-0.25, -0.2) is 0 Å². The van der Waals surface area contributed by atoms with Crippen LogP contribution in [0.15, 0.2) is 0 Å². The first-order chi connectivity index (χ1) is 15.8. The van der Waals surface area contributed by atoms with Crippen LogP contribution in [0.5, 0.6) is 0 Å². The van der Waals surface area contributed by atoms with Crippen molar-refractivity contribution < 1.29 is 28.7 Å². The molecular formula is C24H43N3O6. The van der Waals surface area contributed by atoms with Gasteiger partial charge >= 0.3 is 5.97 Å². The van der Waals surface area contributed by atoms with Gasteiger partial charge in [0.2, 0.25) is 17.7 Å². The molecule has 0 saturated heterocycles. The van der Waals surface area contributed by atoms with Gasteiger partial charge in [-0.15, -0.1) is 0 Å². The van der Waals surface area contributed by atoms with Gasteiger partial charge in [-0.1, -0.05) is 33.6 Å². The summed E-state index contributed by atoms with van der Waals surface area (Å²) in [5, 5.41) is 8.09. The highest BCUT2D eigenvalue weighted by Crippen LogP contribution is 2.13. The summed E-state index contributed by atoms with van der Waals surface area (Å²) >= 11 is 0. The van der Waals surface area contributed by atoms with Crippen LogP contribution < -0.4 is 16.0 Å². The molecular weight excluding hydrogens is 426 g/mol. The average molecular weight is 470 g/mol. The van der Waals surface area contributed by atoms with Gasteiger partial charge in [0.05, 0.1) is 13.0 Å². The van der Waals surface area contributed by atoms with E-state index in [1.807, 2.05) is 13.8 Å². The van der Waals surface area contributed by atoms with E-state index in [1.54, 1.807) is 6.92 Å². The van der Waals surface area contributed by atoms with Crippen LogP contribution >= 0.6 is 0 Å². The van der Waals surface area contributed by atoms with Crippen molar-refractivity contribution >= 4 is 29.5 Å². The Balaban J connectivity index is 4.25. The highest BCUT2D eigenvalue weighted by molar-refractivity contribution is 5.87. The van der Waals surface area contributed by atoms with Crippen LogP contribution in [-0.4, -0.2) is 55.7 Å². The number of amides is 3. The average Bonchev–Trinajstić information content (AvgIpc) is 2.82. The van der Waals surface area contributed by atoms with Crippen molar-refractivity contribution in [2.75, 3.05) is 20.2 Å². The molecule has 0 radical (unpaired) electrons. The molecule has 0 aromatic heterocycles. The lowest BCUT2D eigenvalue weighted by Crippen LogP contribution is -2.46. The van der Waals surface area contributed by atoms with Crippen molar-refractivity contribution in [1.82, 2.24) is 16.0 Å². The number of carbonyl (C=O) groups is 5. The Morgan fingerprint density at radius 3 is 2.15 bits per heavy atom. The van der Waals surface area contributed by atoms with Crippen LogP contribution in [0.1, 0.15) is 91.4 Å². The molecule has 0 spiro atoms. The molecule has 3 N–H and O–H groups in total. The van der Waals surface area contributed by atoms with Gasteiger partial charge in [0.1, 0.15) is 11.8 Å². The Hall–Kier alpha value is -2.45. The quantitative estimate of drug-likeness (QED) is 0.197. The third kappa shape index (κ3) is 15.9. The number of nitrogens with one attached hydrogen (secondary N) is 3. The molecule has 9 nitrogen and oxygen atoms in total. The van der Waals surface area contributed by atoms with Crippen LogP contribution in [-0.2, 0) is 28.7 Å². The van der Waals surface area contributed by atoms with Gasteiger partial charge in [-0.3, -0.25) is 24.0 Å². The molecule has 0 fully saturated rings. The third-order valence-electron chi connectivity index (χ3n) is 5.55. The van der Waals surface area contributed by atoms with Gasteiger partial charge in [0.15, 0.2) is 0 Å². The fourth-order valence-electron chi connectivity index (χ4n) is 3.17. The van der Waals surface area contributed by atoms with Crippen molar-refractivity contribution in [1.29, 1.82) is 0 Å². The predicted octanol–water partition coefficient (Wildman–Crippen LogP) is 2.41. The molecule has 0 saturated carbocycles. The predicted molar refractivity (Wildman–Crippen MR) is 126 cm³/mol. The van der Waals surface area contributed by atoms with Gasteiger partial charge in [0, 0.05) is 39.3 Å². The zero-order chi connectivity index (χ0) is 25.1. The molecule has 0 aliphatic heterocycles. The maximum absolute atomic E-state index is 12.5. The Bertz CT molecular complexity index is 623. The van der Waals surface area contributed by atoms with E-state index >= 15 is 0 Å². The second kappa shape index (κ2) is 19.1. The van der Waals surface area contributed by atoms with Crippen molar-refractivity contribution in [3.63, 3.8) is 0 Å². The van der Waals surface area contributed by atoms with E-state index in [0.29, 0.717) is 45.3 Å². The lowest BCUT2D eigenvalue weighted by Gasteiger charge is -2.18. The summed E-state index contributed by atoms with van der Waals surface area (Å²) in [6.07, 6.45) is 5.77. The van der Waals surface area contributed by atoms with E-state index in [1.165, 1.54) is 7.05 Å². The summed E-state index contributed by atoms with van der Waals surface area (Å²) in [4.78, 5) is 58.7. The zero-order valence-corrected chi connectivity index (χ0v) is 20.8. The number of rotatable bonds is 19. The molecule has 2 atom stereocenters. The first kappa shape index (κ1) is 30.6. The van der Waals surface area contributed by atoms with Gasteiger partial charge in [-0.05, 0) is 31.6 Å². The van der Waals surface area contributed by atoms with Gasteiger partial charge < -0.3 is 20.7 Å². The van der Waals surface area contributed by atoms with Crippen molar-refractivity contribution in [2.45, 2.75) is 97.4 Å². The standard InChI is InChI=1S/C24H43N3O6/c1-5-18(17-33-23(31)15-14-22(30)25-4)11-8-9-16-26-24(32)20(27-21(29)7-3)13-10-12-19(28)6-2/h18,20H,5-17H2,1-4H3,(H,25,30)(H,26,32)(H,27,29)/t18?,20-/m0/s1. The van der Waals surface area contributed by atoms with E-state index in [2.05, 4.69) is 16.0 Å². The summed E-state index contributed by atoms with van der Waals surface area (Å²) in [7, 11) is 1.53. The van der Waals surface area contributed by atoms with Gasteiger partial charge in [0.25, 0.3) is 0 Å². The van der Waals surface area contributed by atoms with Gasteiger partial charge in [-0.2, -0.15) is 0 Å². The molecule has 0 aliphatic rings. The van der Waals surface area contributed by atoms with Crippen LogP contribution in [0.25, 0.3) is 0 Å². The van der Waals surface area contributed by atoms with E-state index in [4.69, 9.17) is 4.74 Å². The van der Waals surface area contributed by atoms with E-state index in [9.17, 15) is 24.0 Å². The highest BCUT2D eigenvalue weighted by Gasteiger charge is 2.20. The van der Waals surface area contributed by atoms with Crippen LogP contribution in [0.2, 0.25) is 0 Å². The normalized spacial score (nSPS) is 12.4. The molecule has 1 unspecified atom stereocenters. The molecule has 0 aliphatic carbocycles. The summed E-state index contributed by atoms with van der Waals surface area (Å²) in [5.74, 6) is -0.585. The Kier molecular flexibility index (Phi) is 17.6.